The largest absolute Gasteiger partial charge is 0.253 e. The Kier molecular flexibility index (Phi) is 3.68. The summed E-state index contributed by atoms with van der Waals surface area (Å²) in [5.74, 6) is 1.98. The Hall–Kier alpha value is -0.280. The Morgan fingerprint density at radius 1 is 1.60 bits per heavy atom. The Morgan fingerprint density at radius 2 is 2.20 bits per heavy atom. The first-order chi connectivity index (χ1) is 4.24. The molecule has 0 aromatic carbocycles. The Bertz CT molecular complexity index is 189. The number of hydrogen-bond acceptors (Lipinski definition) is 2. The van der Waals surface area contributed by atoms with Gasteiger partial charge in [-0.1, -0.05) is 0 Å². The molecule has 58 valence electrons. The van der Waals surface area contributed by atoms with Crippen molar-refractivity contribution in [2.75, 3.05) is 0 Å². The van der Waals surface area contributed by atoms with Gasteiger partial charge in [-0.15, -0.1) is 24.0 Å². The summed E-state index contributed by atoms with van der Waals surface area (Å²) in [4.78, 5) is 4.05. The van der Waals surface area contributed by atoms with Gasteiger partial charge in [0, 0.05) is 7.05 Å². The van der Waals surface area contributed by atoms with Gasteiger partial charge in [0.25, 0.3) is 0 Å². The third-order valence-electron chi connectivity index (χ3n) is 1.14. The van der Waals surface area contributed by atoms with E-state index in [1.807, 2.05) is 14.0 Å². The quantitative estimate of drug-likeness (QED) is 0.612. The first-order valence-electron chi connectivity index (χ1n) is 2.66. The van der Waals surface area contributed by atoms with Crippen LogP contribution < -0.4 is 0 Å². The Labute approximate surface area is 70.8 Å². The highest BCUT2D eigenvalue weighted by Gasteiger charge is 1.98. The van der Waals surface area contributed by atoms with E-state index in [2.05, 4.69) is 10.1 Å². The molecule has 0 unspecified atom stereocenters. The van der Waals surface area contributed by atoms with Crippen molar-refractivity contribution in [1.29, 1.82) is 0 Å². The second kappa shape index (κ2) is 3.78. The average molecular weight is 182 g/mol. The predicted octanol–water partition coefficient (Wildman–Crippen LogP) is 1.28. The van der Waals surface area contributed by atoms with Crippen molar-refractivity contribution in [3.63, 3.8) is 0 Å². The molecule has 0 saturated heterocycles. The van der Waals surface area contributed by atoms with Gasteiger partial charge in [-0.3, -0.25) is 4.68 Å². The van der Waals surface area contributed by atoms with Gasteiger partial charge in [-0.2, -0.15) is 5.10 Å². The van der Waals surface area contributed by atoms with E-state index in [1.54, 1.807) is 4.68 Å². The average Bonchev–Trinajstić information content (AvgIpc) is 2.13. The maximum absolute atomic E-state index is 5.47. The number of hydrogen-bond donors (Lipinski definition) is 0. The Morgan fingerprint density at radius 3 is 2.40 bits per heavy atom. The maximum Gasteiger partial charge on any atom is 0.165 e. The molecular formula is C5H9Cl2N3. The van der Waals surface area contributed by atoms with Crippen molar-refractivity contribution in [2.24, 2.45) is 7.05 Å². The number of rotatable bonds is 1. The zero-order valence-electron chi connectivity index (χ0n) is 5.83. The fourth-order valence-corrected chi connectivity index (χ4v) is 0.697. The second-order valence-corrected chi connectivity index (χ2v) is 2.10. The number of aryl methyl sites for hydroxylation is 2. The van der Waals surface area contributed by atoms with E-state index in [-0.39, 0.29) is 12.4 Å². The van der Waals surface area contributed by atoms with Crippen molar-refractivity contribution < 1.29 is 0 Å². The normalized spacial score (nSPS) is 9.10. The lowest BCUT2D eigenvalue weighted by Gasteiger charge is -1.85. The zero-order chi connectivity index (χ0) is 6.85. The summed E-state index contributed by atoms with van der Waals surface area (Å²) in [7, 11) is 1.85. The molecule has 1 rings (SSSR count). The summed E-state index contributed by atoms with van der Waals surface area (Å²) >= 11 is 5.47. The molecule has 10 heavy (non-hydrogen) atoms. The van der Waals surface area contributed by atoms with Crippen LogP contribution >= 0.6 is 24.0 Å². The minimum Gasteiger partial charge on any atom is -0.253 e. The third-order valence-corrected chi connectivity index (χ3v) is 1.38. The van der Waals surface area contributed by atoms with Gasteiger partial charge >= 0.3 is 0 Å². The summed E-state index contributed by atoms with van der Waals surface area (Å²) in [6, 6.07) is 0. The van der Waals surface area contributed by atoms with Crippen LogP contribution in [-0.2, 0) is 12.9 Å². The molecule has 0 radical (unpaired) electrons. The Balaban J connectivity index is 0.000000810. The highest BCUT2D eigenvalue weighted by molar-refractivity contribution is 6.16. The van der Waals surface area contributed by atoms with E-state index in [0.717, 1.165) is 5.82 Å². The van der Waals surface area contributed by atoms with E-state index < -0.39 is 0 Å². The van der Waals surface area contributed by atoms with Gasteiger partial charge in [-0.05, 0) is 6.92 Å². The molecular weight excluding hydrogens is 173 g/mol. The predicted molar refractivity (Wildman–Crippen MR) is 42.5 cm³/mol. The molecule has 0 spiro atoms. The molecule has 1 aromatic rings. The van der Waals surface area contributed by atoms with Crippen LogP contribution in [0.2, 0.25) is 0 Å². The molecule has 0 N–H and O–H groups in total. The highest BCUT2D eigenvalue weighted by atomic mass is 35.5. The van der Waals surface area contributed by atoms with Crippen LogP contribution in [0.1, 0.15) is 11.6 Å². The lowest BCUT2D eigenvalue weighted by molar-refractivity contribution is 0.727. The lowest BCUT2D eigenvalue weighted by atomic mass is 10.7. The van der Waals surface area contributed by atoms with Crippen molar-refractivity contribution in [2.45, 2.75) is 12.8 Å². The van der Waals surface area contributed by atoms with Gasteiger partial charge in [-0.25, -0.2) is 4.98 Å². The molecule has 0 aliphatic rings. The molecule has 0 aliphatic heterocycles. The SMILES string of the molecule is Cc1nc(CCl)nn1C.Cl. The molecule has 3 nitrogen and oxygen atoms in total. The summed E-state index contributed by atoms with van der Waals surface area (Å²) in [6.07, 6.45) is 0. The van der Waals surface area contributed by atoms with Crippen LogP contribution in [0.15, 0.2) is 0 Å². The summed E-state index contributed by atoms with van der Waals surface area (Å²) in [5.41, 5.74) is 0. The van der Waals surface area contributed by atoms with Crippen LogP contribution in [-0.4, -0.2) is 14.8 Å². The topological polar surface area (TPSA) is 30.7 Å². The number of aromatic nitrogens is 3. The molecule has 0 amide bonds. The van der Waals surface area contributed by atoms with Gasteiger partial charge in [0.1, 0.15) is 5.82 Å². The molecule has 5 heteroatoms. The van der Waals surface area contributed by atoms with E-state index in [9.17, 15) is 0 Å². The van der Waals surface area contributed by atoms with E-state index >= 15 is 0 Å². The molecule has 1 aromatic heterocycles. The molecule has 0 saturated carbocycles. The van der Waals surface area contributed by atoms with E-state index in [4.69, 9.17) is 11.6 Å². The van der Waals surface area contributed by atoms with Crippen LogP contribution in [0.4, 0.5) is 0 Å². The zero-order valence-corrected chi connectivity index (χ0v) is 7.41. The monoisotopic (exact) mass is 181 g/mol. The van der Waals surface area contributed by atoms with Crippen LogP contribution in [0, 0.1) is 6.92 Å². The molecule has 0 atom stereocenters. The maximum atomic E-state index is 5.47. The first kappa shape index (κ1) is 9.72. The van der Waals surface area contributed by atoms with Crippen LogP contribution in [0.5, 0.6) is 0 Å². The highest BCUT2D eigenvalue weighted by Crippen LogP contribution is 1.96. The fraction of sp³-hybridized carbons (Fsp3) is 0.600. The fourth-order valence-electron chi connectivity index (χ4n) is 0.584. The first-order valence-corrected chi connectivity index (χ1v) is 3.20. The smallest absolute Gasteiger partial charge is 0.165 e. The van der Waals surface area contributed by atoms with Gasteiger partial charge < -0.3 is 0 Å². The van der Waals surface area contributed by atoms with Crippen molar-refractivity contribution in [3.05, 3.63) is 11.6 Å². The van der Waals surface area contributed by atoms with Crippen molar-refractivity contribution in [1.82, 2.24) is 14.8 Å². The third kappa shape index (κ3) is 1.85. The number of nitrogens with zero attached hydrogens (tertiary/aromatic N) is 3. The van der Waals surface area contributed by atoms with Crippen LogP contribution in [0.25, 0.3) is 0 Å². The van der Waals surface area contributed by atoms with Gasteiger partial charge in [0.05, 0.1) is 5.88 Å². The molecule has 0 bridgehead atoms. The van der Waals surface area contributed by atoms with Gasteiger partial charge in [0.15, 0.2) is 5.82 Å². The van der Waals surface area contributed by atoms with Crippen molar-refractivity contribution in [3.8, 4) is 0 Å². The van der Waals surface area contributed by atoms with Gasteiger partial charge in [0.2, 0.25) is 0 Å². The minimum atomic E-state index is 0. The second-order valence-electron chi connectivity index (χ2n) is 1.83. The summed E-state index contributed by atoms with van der Waals surface area (Å²) in [6.45, 7) is 1.89. The minimum absolute atomic E-state index is 0. The summed E-state index contributed by atoms with van der Waals surface area (Å²) < 4.78 is 1.71. The standard InChI is InChI=1S/C5H8ClN3.ClH/c1-4-7-5(3-6)8-9(4)2;/h3H2,1-2H3;1H. The molecule has 0 aliphatic carbocycles. The van der Waals surface area contributed by atoms with E-state index in [1.165, 1.54) is 0 Å². The number of alkyl halides is 1. The summed E-state index contributed by atoms with van der Waals surface area (Å²) in [5, 5.41) is 4.00. The van der Waals surface area contributed by atoms with E-state index in [0.29, 0.717) is 11.7 Å². The van der Waals surface area contributed by atoms with Crippen LogP contribution in [0.3, 0.4) is 0 Å². The molecule has 0 fully saturated rings. The molecule has 1 heterocycles. The number of halogens is 2. The lowest BCUT2D eigenvalue weighted by Crippen LogP contribution is -1.92. The van der Waals surface area contributed by atoms with Crippen molar-refractivity contribution >= 4 is 24.0 Å².